The van der Waals surface area contributed by atoms with Crippen molar-refractivity contribution >= 4 is 11.8 Å². The van der Waals surface area contributed by atoms with Crippen molar-refractivity contribution in [2.45, 2.75) is 13.3 Å². The number of benzene rings is 1. The summed E-state index contributed by atoms with van der Waals surface area (Å²) < 4.78 is 12.9. The number of anilines is 2. The van der Waals surface area contributed by atoms with Crippen LogP contribution >= 0.6 is 0 Å². The first kappa shape index (κ1) is 16.6. The molecule has 1 saturated heterocycles. The minimum atomic E-state index is -0.199. The summed E-state index contributed by atoms with van der Waals surface area (Å²) in [5.74, 6) is 1.42. The number of rotatable bonds is 6. The zero-order chi connectivity index (χ0) is 16.8. The van der Waals surface area contributed by atoms with Crippen LogP contribution in [0.25, 0.3) is 0 Å². The summed E-state index contributed by atoms with van der Waals surface area (Å²) in [6, 6.07) is 8.50. The zero-order valence-electron chi connectivity index (χ0n) is 14.1. The summed E-state index contributed by atoms with van der Waals surface area (Å²) in [4.78, 5) is 13.7. The molecule has 0 unspecified atom stereocenters. The molecule has 1 aliphatic rings. The van der Waals surface area contributed by atoms with Gasteiger partial charge in [0.05, 0.1) is 0 Å². The topological polar surface area (TPSA) is 44.3 Å². The van der Waals surface area contributed by atoms with Gasteiger partial charge < -0.3 is 15.1 Å². The quantitative estimate of drug-likeness (QED) is 0.882. The molecule has 1 N–H and O–H groups in total. The molecule has 0 radical (unpaired) electrons. The summed E-state index contributed by atoms with van der Waals surface area (Å²) in [5.41, 5.74) is 1.11. The van der Waals surface area contributed by atoms with Crippen LogP contribution in [-0.4, -0.2) is 54.1 Å². The van der Waals surface area contributed by atoms with Crippen LogP contribution in [0.4, 0.5) is 16.2 Å². The Labute approximate surface area is 142 Å². The fourth-order valence-electron chi connectivity index (χ4n) is 2.85. The van der Waals surface area contributed by atoms with Gasteiger partial charge in [-0.15, -0.1) is 0 Å². The number of nitrogens with zero attached hydrogens (tertiary/aromatic N) is 4. The minimum absolute atomic E-state index is 0.199. The van der Waals surface area contributed by atoms with E-state index in [4.69, 9.17) is 0 Å². The van der Waals surface area contributed by atoms with Crippen molar-refractivity contribution in [2.24, 2.45) is 0 Å². The maximum Gasteiger partial charge on any atom is 0.227 e. The van der Waals surface area contributed by atoms with E-state index in [0.717, 1.165) is 63.0 Å². The Morgan fingerprint density at radius 2 is 1.83 bits per heavy atom. The molecule has 2 heterocycles. The fraction of sp³-hybridized carbons (Fsp3) is 0.444. The first-order valence-electron chi connectivity index (χ1n) is 8.53. The van der Waals surface area contributed by atoms with Crippen LogP contribution in [0, 0.1) is 5.82 Å². The molecule has 5 nitrogen and oxygen atoms in total. The van der Waals surface area contributed by atoms with Crippen LogP contribution in [0.2, 0.25) is 0 Å². The third-order valence-corrected chi connectivity index (χ3v) is 4.38. The fourth-order valence-corrected chi connectivity index (χ4v) is 2.85. The zero-order valence-corrected chi connectivity index (χ0v) is 14.1. The van der Waals surface area contributed by atoms with Crippen molar-refractivity contribution in [1.29, 1.82) is 0 Å². The van der Waals surface area contributed by atoms with E-state index in [1.165, 1.54) is 12.1 Å². The highest BCUT2D eigenvalue weighted by molar-refractivity contribution is 5.41. The SMILES string of the molecule is CCN1CCN(c2nccc(NCCc3ccc(F)cc3)n2)CC1. The number of likely N-dealkylation sites (N-methyl/N-ethyl adjacent to an activating group) is 1. The molecule has 1 aromatic heterocycles. The number of hydrogen-bond donors (Lipinski definition) is 1. The molecule has 128 valence electrons. The normalized spacial score (nSPS) is 15.5. The molecule has 0 amide bonds. The van der Waals surface area contributed by atoms with Crippen molar-refractivity contribution in [3.63, 3.8) is 0 Å². The Balaban J connectivity index is 1.52. The summed E-state index contributed by atoms with van der Waals surface area (Å²) >= 11 is 0. The minimum Gasteiger partial charge on any atom is -0.370 e. The van der Waals surface area contributed by atoms with Crippen molar-refractivity contribution in [2.75, 3.05) is 49.5 Å². The molecule has 0 aliphatic carbocycles. The van der Waals surface area contributed by atoms with E-state index in [1.807, 2.05) is 18.2 Å². The third kappa shape index (κ3) is 4.41. The molecule has 24 heavy (non-hydrogen) atoms. The Morgan fingerprint density at radius 1 is 1.08 bits per heavy atom. The number of aromatic nitrogens is 2. The lowest BCUT2D eigenvalue weighted by atomic mass is 10.1. The van der Waals surface area contributed by atoms with E-state index in [1.54, 1.807) is 6.20 Å². The molecule has 1 fully saturated rings. The molecule has 0 bridgehead atoms. The molecular weight excluding hydrogens is 305 g/mol. The van der Waals surface area contributed by atoms with Gasteiger partial charge in [-0.2, -0.15) is 4.98 Å². The van der Waals surface area contributed by atoms with Gasteiger partial charge in [-0.1, -0.05) is 19.1 Å². The van der Waals surface area contributed by atoms with Gasteiger partial charge in [0.25, 0.3) is 0 Å². The number of piperazine rings is 1. The standard InChI is InChI=1S/C18H24FN5/c1-2-23-11-13-24(14-12-23)18-21-10-8-17(22-18)20-9-7-15-3-5-16(19)6-4-15/h3-6,8,10H,2,7,9,11-14H2,1H3,(H,20,21,22). The first-order chi connectivity index (χ1) is 11.7. The van der Waals surface area contributed by atoms with E-state index in [0.29, 0.717) is 0 Å². The van der Waals surface area contributed by atoms with Gasteiger partial charge in [-0.3, -0.25) is 0 Å². The Kier molecular flexibility index (Phi) is 5.59. The summed E-state index contributed by atoms with van der Waals surface area (Å²) in [6.45, 7) is 8.09. The highest BCUT2D eigenvalue weighted by Gasteiger charge is 2.17. The van der Waals surface area contributed by atoms with Crippen LogP contribution in [0.1, 0.15) is 12.5 Å². The lowest BCUT2D eigenvalue weighted by molar-refractivity contribution is 0.270. The molecule has 0 saturated carbocycles. The van der Waals surface area contributed by atoms with Crippen LogP contribution in [0.5, 0.6) is 0 Å². The molecular formula is C18H24FN5. The average molecular weight is 329 g/mol. The van der Waals surface area contributed by atoms with Gasteiger partial charge in [0.15, 0.2) is 0 Å². The maximum atomic E-state index is 12.9. The van der Waals surface area contributed by atoms with Crippen LogP contribution in [-0.2, 0) is 6.42 Å². The Hall–Kier alpha value is -2.21. The largest absolute Gasteiger partial charge is 0.370 e. The molecule has 2 aromatic rings. The predicted molar refractivity (Wildman–Crippen MR) is 95.0 cm³/mol. The molecule has 6 heteroatoms. The number of nitrogens with one attached hydrogen (secondary N) is 1. The van der Waals surface area contributed by atoms with E-state index in [-0.39, 0.29) is 5.82 Å². The molecule has 0 atom stereocenters. The summed E-state index contributed by atoms with van der Waals surface area (Å²) in [7, 11) is 0. The molecule has 3 rings (SSSR count). The monoisotopic (exact) mass is 329 g/mol. The smallest absolute Gasteiger partial charge is 0.227 e. The molecule has 1 aliphatic heterocycles. The highest BCUT2D eigenvalue weighted by atomic mass is 19.1. The maximum absolute atomic E-state index is 12.9. The highest BCUT2D eigenvalue weighted by Crippen LogP contribution is 2.13. The number of halogens is 1. The van der Waals surface area contributed by atoms with Crippen LogP contribution in [0.15, 0.2) is 36.5 Å². The molecule has 1 aromatic carbocycles. The second kappa shape index (κ2) is 8.06. The molecule has 0 spiro atoms. The number of hydrogen-bond acceptors (Lipinski definition) is 5. The first-order valence-corrected chi connectivity index (χ1v) is 8.53. The third-order valence-electron chi connectivity index (χ3n) is 4.38. The van der Waals surface area contributed by atoms with Gasteiger partial charge in [0.1, 0.15) is 11.6 Å². The predicted octanol–water partition coefficient (Wildman–Crippen LogP) is 2.41. The Morgan fingerprint density at radius 3 is 2.54 bits per heavy atom. The van der Waals surface area contributed by atoms with Crippen molar-refractivity contribution in [3.8, 4) is 0 Å². The van der Waals surface area contributed by atoms with Gasteiger partial charge in [-0.25, -0.2) is 9.37 Å². The van der Waals surface area contributed by atoms with Gasteiger partial charge in [0.2, 0.25) is 5.95 Å². The van der Waals surface area contributed by atoms with Crippen LogP contribution < -0.4 is 10.2 Å². The summed E-state index contributed by atoms with van der Waals surface area (Å²) in [6.07, 6.45) is 2.63. The lowest BCUT2D eigenvalue weighted by Gasteiger charge is -2.34. The van der Waals surface area contributed by atoms with Gasteiger partial charge in [0, 0.05) is 38.9 Å². The second-order valence-electron chi connectivity index (χ2n) is 5.97. The average Bonchev–Trinajstić information content (AvgIpc) is 2.64. The van der Waals surface area contributed by atoms with Crippen molar-refractivity contribution in [3.05, 3.63) is 47.9 Å². The van der Waals surface area contributed by atoms with Crippen LogP contribution in [0.3, 0.4) is 0 Å². The summed E-state index contributed by atoms with van der Waals surface area (Å²) in [5, 5.41) is 3.33. The van der Waals surface area contributed by atoms with E-state index in [2.05, 4.69) is 32.0 Å². The van der Waals surface area contributed by atoms with Gasteiger partial charge >= 0.3 is 0 Å². The van der Waals surface area contributed by atoms with Crippen molar-refractivity contribution in [1.82, 2.24) is 14.9 Å². The van der Waals surface area contributed by atoms with E-state index in [9.17, 15) is 4.39 Å². The second-order valence-corrected chi connectivity index (χ2v) is 5.97. The van der Waals surface area contributed by atoms with E-state index < -0.39 is 0 Å². The van der Waals surface area contributed by atoms with Gasteiger partial charge in [-0.05, 0) is 36.7 Å². The van der Waals surface area contributed by atoms with Crippen molar-refractivity contribution < 1.29 is 4.39 Å². The van der Waals surface area contributed by atoms with E-state index >= 15 is 0 Å². The Bertz CT molecular complexity index is 638. The lowest BCUT2D eigenvalue weighted by Crippen LogP contribution is -2.46.